The summed E-state index contributed by atoms with van der Waals surface area (Å²) in [6.07, 6.45) is 0. The molecule has 2 aromatic rings. The van der Waals surface area contributed by atoms with Crippen LogP contribution in [-0.2, 0) is 4.79 Å². The van der Waals surface area contributed by atoms with Crippen LogP contribution in [-0.4, -0.2) is 55.7 Å². The van der Waals surface area contributed by atoms with Crippen molar-refractivity contribution in [3.63, 3.8) is 0 Å². The van der Waals surface area contributed by atoms with Gasteiger partial charge in [0, 0.05) is 50.2 Å². The highest BCUT2D eigenvalue weighted by atomic mass is 16.2. The Balaban J connectivity index is 1.78. The SMILES string of the molecule is CN/C(N)=C(\N=C(/C)c1ccc(C(=O)N2CCNCC2)cc1)C(=O)Nc1ccccc1. The first kappa shape index (κ1) is 22.0. The van der Waals surface area contributed by atoms with Gasteiger partial charge in [0.05, 0.1) is 0 Å². The Labute approximate surface area is 182 Å². The molecule has 0 spiro atoms. The number of hydrogen-bond acceptors (Lipinski definition) is 6. The maximum Gasteiger partial charge on any atom is 0.278 e. The van der Waals surface area contributed by atoms with E-state index in [4.69, 9.17) is 5.73 Å². The number of rotatable bonds is 6. The molecule has 1 saturated heterocycles. The second kappa shape index (κ2) is 10.4. The van der Waals surface area contributed by atoms with Gasteiger partial charge in [0.1, 0.15) is 5.82 Å². The van der Waals surface area contributed by atoms with Gasteiger partial charge in [0.2, 0.25) is 0 Å². The summed E-state index contributed by atoms with van der Waals surface area (Å²) >= 11 is 0. The zero-order valence-electron chi connectivity index (χ0n) is 17.8. The predicted octanol–water partition coefficient (Wildman–Crippen LogP) is 1.53. The molecule has 0 aliphatic carbocycles. The quantitative estimate of drug-likeness (QED) is 0.418. The Bertz CT molecular complexity index is 977. The molecule has 162 valence electrons. The minimum absolute atomic E-state index is 0.0184. The molecule has 0 bridgehead atoms. The number of carbonyl (C=O) groups excluding carboxylic acids is 2. The van der Waals surface area contributed by atoms with E-state index >= 15 is 0 Å². The molecule has 8 heteroatoms. The van der Waals surface area contributed by atoms with E-state index in [-0.39, 0.29) is 17.4 Å². The number of benzene rings is 2. The highest BCUT2D eigenvalue weighted by Gasteiger charge is 2.18. The van der Waals surface area contributed by atoms with Crippen molar-refractivity contribution in [3.8, 4) is 0 Å². The number of aliphatic imine (C=N–C) groups is 1. The summed E-state index contributed by atoms with van der Waals surface area (Å²) in [5.74, 6) is -0.230. The second-order valence-corrected chi connectivity index (χ2v) is 7.15. The van der Waals surface area contributed by atoms with E-state index < -0.39 is 5.91 Å². The Hall–Kier alpha value is -3.65. The Morgan fingerprint density at radius 3 is 2.23 bits per heavy atom. The van der Waals surface area contributed by atoms with Crippen LogP contribution in [0.5, 0.6) is 0 Å². The van der Waals surface area contributed by atoms with Crippen molar-refractivity contribution in [1.29, 1.82) is 0 Å². The van der Waals surface area contributed by atoms with Gasteiger partial charge < -0.3 is 26.6 Å². The summed E-state index contributed by atoms with van der Waals surface area (Å²) in [4.78, 5) is 31.7. The minimum atomic E-state index is -0.414. The van der Waals surface area contributed by atoms with Crippen LogP contribution in [0, 0.1) is 0 Å². The topological polar surface area (TPSA) is 112 Å². The molecular formula is C23H28N6O2. The van der Waals surface area contributed by atoms with Crippen LogP contribution in [0.4, 0.5) is 5.69 Å². The largest absolute Gasteiger partial charge is 0.384 e. The van der Waals surface area contributed by atoms with Gasteiger partial charge in [0.15, 0.2) is 5.70 Å². The van der Waals surface area contributed by atoms with Gasteiger partial charge in [-0.1, -0.05) is 30.3 Å². The zero-order valence-corrected chi connectivity index (χ0v) is 17.8. The van der Waals surface area contributed by atoms with Crippen LogP contribution >= 0.6 is 0 Å². The molecule has 8 nitrogen and oxygen atoms in total. The van der Waals surface area contributed by atoms with E-state index in [1.165, 1.54) is 0 Å². The van der Waals surface area contributed by atoms with Crippen molar-refractivity contribution in [2.24, 2.45) is 10.7 Å². The summed E-state index contributed by atoms with van der Waals surface area (Å²) in [5, 5.41) is 8.82. The molecule has 5 N–H and O–H groups in total. The molecular weight excluding hydrogens is 392 g/mol. The maximum atomic E-state index is 12.7. The lowest BCUT2D eigenvalue weighted by molar-refractivity contribution is -0.113. The standard InChI is InChI=1S/C23H28N6O2/c1-16(17-8-10-18(11-9-17)23(31)29-14-12-26-13-15-29)27-20(21(24)25-2)22(30)28-19-6-4-3-5-7-19/h3-11,25-26H,12-15,24H2,1-2H3,(H,28,30)/b21-20-,27-16+. The molecule has 2 amide bonds. The Morgan fingerprint density at radius 2 is 1.61 bits per heavy atom. The van der Waals surface area contributed by atoms with Gasteiger partial charge >= 0.3 is 0 Å². The first-order valence-electron chi connectivity index (χ1n) is 10.2. The molecule has 0 saturated carbocycles. The highest BCUT2D eigenvalue weighted by molar-refractivity contribution is 6.08. The molecule has 3 rings (SSSR count). The van der Waals surface area contributed by atoms with Gasteiger partial charge in [-0.25, -0.2) is 4.99 Å². The fourth-order valence-electron chi connectivity index (χ4n) is 3.20. The monoisotopic (exact) mass is 420 g/mol. The molecule has 1 fully saturated rings. The summed E-state index contributed by atoms with van der Waals surface area (Å²) in [7, 11) is 1.63. The Morgan fingerprint density at radius 1 is 1.00 bits per heavy atom. The maximum absolute atomic E-state index is 12.7. The smallest absolute Gasteiger partial charge is 0.278 e. The summed E-state index contributed by atoms with van der Waals surface area (Å²) in [6, 6.07) is 16.3. The number of carbonyl (C=O) groups is 2. The molecule has 1 aliphatic rings. The van der Waals surface area contributed by atoms with Crippen molar-refractivity contribution in [1.82, 2.24) is 15.5 Å². The number of piperazine rings is 1. The number of nitrogens with two attached hydrogens (primary N) is 1. The number of nitrogens with zero attached hydrogens (tertiary/aromatic N) is 2. The number of amides is 2. The van der Waals surface area contributed by atoms with Crippen LogP contribution in [0.15, 0.2) is 71.1 Å². The molecule has 0 aromatic heterocycles. The fraction of sp³-hybridized carbons (Fsp3) is 0.261. The number of nitrogens with one attached hydrogen (secondary N) is 3. The zero-order chi connectivity index (χ0) is 22.2. The second-order valence-electron chi connectivity index (χ2n) is 7.15. The van der Waals surface area contributed by atoms with Crippen LogP contribution in [0.1, 0.15) is 22.8 Å². The van der Waals surface area contributed by atoms with Crippen molar-refractivity contribution in [2.45, 2.75) is 6.92 Å². The molecule has 2 aromatic carbocycles. The van der Waals surface area contributed by atoms with Crippen molar-refractivity contribution >= 4 is 23.2 Å². The van der Waals surface area contributed by atoms with Crippen molar-refractivity contribution < 1.29 is 9.59 Å². The van der Waals surface area contributed by atoms with Gasteiger partial charge in [-0.2, -0.15) is 0 Å². The number of para-hydroxylation sites is 1. The molecule has 0 radical (unpaired) electrons. The van der Waals surface area contributed by atoms with Crippen LogP contribution in [0.25, 0.3) is 0 Å². The van der Waals surface area contributed by atoms with Gasteiger partial charge in [0.25, 0.3) is 11.8 Å². The average molecular weight is 421 g/mol. The minimum Gasteiger partial charge on any atom is -0.384 e. The molecule has 1 aliphatic heterocycles. The average Bonchev–Trinajstić information content (AvgIpc) is 2.82. The lowest BCUT2D eigenvalue weighted by atomic mass is 10.1. The van der Waals surface area contributed by atoms with Crippen molar-refractivity contribution in [2.75, 3.05) is 38.5 Å². The molecule has 0 atom stereocenters. The predicted molar refractivity (Wildman–Crippen MR) is 123 cm³/mol. The third-order valence-corrected chi connectivity index (χ3v) is 5.00. The molecule has 0 unspecified atom stereocenters. The van der Waals surface area contributed by atoms with Gasteiger partial charge in [-0.15, -0.1) is 0 Å². The first-order valence-corrected chi connectivity index (χ1v) is 10.2. The van der Waals surface area contributed by atoms with Crippen LogP contribution < -0.4 is 21.7 Å². The lowest BCUT2D eigenvalue weighted by Crippen LogP contribution is -2.46. The first-order chi connectivity index (χ1) is 15.0. The van der Waals surface area contributed by atoms with Gasteiger partial charge in [-0.05, 0) is 36.8 Å². The summed E-state index contributed by atoms with van der Waals surface area (Å²) < 4.78 is 0. The van der Waals surface area contributed by atoms with E-state index in [0.717, 1.165) is 18.7 Å². The van der Waals surface area contributed by atoms with E-state index in [1.54, 1.807) is 38.2 Å². The summed E-state index contributed by atoms with van der Waals surface area (Å²) in [6.45, 7) is 4.82. The Kier molecular flexibility index (Phi) is 7.40. The van der Waals surface area contributed by atoms with Crippen molar-refractivity contribution in [3.05, 3.63) is 77.2 Å². The number of hydrogen-bond donors (Lipinski definition) is 4. The summed E-state index contributed by atoms with van der Waals surface area (Å²) in [5.41, 5.74) is 8.76. The van der Waals surface area contributed by atoms with Crippen LogP contribution in [0.2, 0.25) is 0 Å². The molecule has 31 heavy (non-hydrogen) atoms. The third-order valence-electron chi connectivity index (χ3n) is 5.00. The normalized spacial score (nSPS) is 15.2. The third kappa shape index (κ3) is 5.70. The van der Waals surface area contributed by atoms with E-state index in [0.29, 0.717) is 30.1 Å². The number of anilines is 1. The van der Waals surface area contributed by atoms with E-state index in [2.05, 4.69) is 20.9 Å². The molecule has 1 heterocycles. The fourth-order valence-corrected chi connectivity index (χ4v) is 3.20. The van der Waals surface area contributed by atoms with Gasteiger partial charge in [-0.3, -0.25) is 9.59 Å². The highest BCUT2D eigenvalue weighted by Crippen LogP contribution is 2.13. The van der Waals surface area contributed by atoms with E-state index in [1.807, 2.05) is 35.2 Å². The van der Waals surface area contributed by atoms with E-state index in [9.17, 15) is 9.59 Å². The van der Waals surface area contributed by atoms with Crippen LogP contribution in [0.3, 0.4) is 0 Å². The lowest BCUT2D eigenvalue weighted by Gasteiger charge is -2.27.